The third-order valence-electron chi connectivity index (χ3n) is 3.95. The number of methoxy groups -OCH3 is 2. The molecule has 0 radical (unpaired) electrons. The molecule has 0 aliphatic heterocycles. The van der Waals surface area contributed by atoms with Crippen LogP contribution in [-0.2, 0) is 9.47 Å². The number of carbonyl (C=O) groups excluding carboxylic acids is 1. The van der Waals surface area contributed by atoms with E-state index in [1.54, 1.807) is 14.2 Å². The number of nitrogens with one attached hydrogen (secondary N) is 1. The van der Waals surface area contributed by atoms with Gasteiger partial charge in [-0.3, -0.25) is 4.79 Å². The molecule has 1 aliphatic carbocycles. The first-order valence-corrected chi connectivity index (χ1v) is 7.18. The van der Waals surface area contributed by atoms with Crippen LogP contribution in [0.25, 0.3) is 0 Å². The van der Waals surface area contributed by atoms with Crippen molar-refractivity contribution < 1.29 is 14.3 Å². The van der Waals surface area contributed by atoms with Crippen LogP contribution in [0.15, 0.2) is 24.3 Å². The fraction of sp³-hybridized carbons (Fsp3) is 0.562. The molecule has 0 atom stereocenters. The summed E-state index contributed by atoms with van der Waals surface area (Å²) >= 11 is 0. The third-order valence-corrected chi connectivity index (χ3v) is 3.95. The topological polar surface area (TPSA) is 47.6 Å². The van der Waals surface area contributed by atoms with Crippen LogP contribution in [0.1, 0.15) is 47.5 Å². The van der Waals surface area contributed by atoms with E-state index < -0.39 is 6.29 Å². The van der Waals surface area contributed by atoms with E-state index in [2.05, 4.69) is 17.4 Å². The molecule has 0 bridgehead atoms. The van der Waals surface area contributed by atoms with Gasteiger partial charge in [0, 0.05) is 19.8 Å². The summed E-state index contributed by atoms with van der Waals surface area (Å²) in [6.07, 6.45) is 4.78. The Kier molecular flexibility index (Phi) is 5.56. The molecule has 0 spiro atoms. The van der Waals surface area contributed by atoms with Crippen LogP contribution in [0.5, 0.6) is 0 Å². The summed E-state index contributed by atoms with van der Waals surface area (Å²) in [7, 11) is 3.10. The first kappa shape index (κ1) is 15.0. The number of rotatable bonds is 6. The molecule has 0 saturated heterocycles. The number of hydrogen-bond acceptors (Lipinski definition) is 3. The van der Waals surface area contributed by atoms with Crippen molar-refractivity contribution in [3.8, 4) is 0 Å². The minimum Gasteiger partial charge on any atom is -0.354 e. The Balaban J connectivity index is 1.90. The van der Waals surface area contributed by atoms with Gasteiger partial charge >= 0.3 is 0 Å². The second kappa shape index (κ2) is 7.41. The third kappa shape index (κ3) is 3.81. The van der Waals surface area contributed by atoms with Crippen molar-refractivity contribution >= 4 is 5.91 Å². The highest BCUT2D eigenvalue weighted by Gasteiger charge is 2.17. The molecule has 1 saturated carbocycles. The highest BCUT2D eigenvalue weighted by molar-refractivity contribution is 5.94. The van der Waals surface area contributed by atoms with Crippen molar-refractivity contribution in [1.82, 2.24) is 5.32 Å². The Morgan fingerprint density at radius 1 is 1.20 bits per heavy atom. The smallest absolute Gasteiger partial charge is 0.251 e. The fourth-order valence-corrected chi connectivity index (χ4v) is 2.71. The van der Waals surface area contributed by atoms with Crippen molar-refractivity contribution in [2.24, 2.45) is 0 Å². The standard InChI is InChI=1S/C16H23NO3/c1-19-15(20-2)11-17-16(18)14-9-7-13(8-10-14)12-5-3-4-6-12/h7-10,12,15H,3-6,11H2,1-2H3,(H,17,18). The Bertz CT molecular complexity index is 420. The minimum atomic E-state index is -0.406. The quantitative estimate of drug-likeness (QED) is 0.813. The van der Waals surface area contributed by atoms with Crippen LogP contribution < -0.4 is 5.32 Å². The highest BCUT2D eigenvalue weighted by Crippen LogP contribution is 2.33. The van der Waals surface area contributed by atoms with E-state index >= 15 is 0 Å². The lowest BCUT2D eigenvalue weighted by Crippen LogP contribution is -2.34. The summed E-state index contributed by atoms with van der Waals surface area (Å²) in [5.74, 6) is 0.584. The fourth-order valence-electron chi connectivity index (χ4n) is 2.71. The van der Waals surface area contributed by atoms with Crippen LogP contribution in [-0.4, -0.2) is 33.0 Å². The molecule has 1 aliphatic rings. The van der Waals surface area contributed by atoms with E-state index in [9.17, 15) is 4.79 Å². The van der Waals surface area contributed by atoms with Gasteiger partial charge < -0.3 is 14.8 Å². The number of amides is 1. The largest absolute Gasteiger partial charge is 0.354 e. The summed E-state index contributed by atoms with van der Waals surface area (Å²) in [6.45, 7) is 0.343. The lowest BCUT2D eigenvalue weighted by Gasteiger charge is -2.14. The van der Waals surface area contributed by atoms with Crippen LogP contribution in [0.3, 0.4) is 0 Å². The van der Waals surface area contributed by atoms with E-state index in [1.807, 2.05) is 12.1 Å². The van der Waals surface area contributed by atoms with Gasteiger partial charge in [0.25, 0.3) is 5.91 Å². The Morgan fingerprint density at radius 2 is 1.80 bits per heavy atom. The predicted octanol–water partition coefficient (Wildman–Crippen LogP) is 2.69. The van der Waals surface area contributed by atoms with Crippen LogP contribution >= 0.6 is 0 Å². The molecule has 1 N–H and O–H groups in total. The molecule has 110 valence electrons. The van der Waals surface area contributed by atoms with Gasteiger partial charge in [-0.05, 0) is 36.5 Å². The zero-order valence-electron chi connectivity index (χ0n) is 12.2. The molecule has 0 heterocycles. The van der Waals surface area contributed by atoms with E-state index in [0.717, 1.165) is 0 Å². The van der Waals surface area contributed by atoms with Crippen molar-refractivity contribution in [2.75, 3.05) is 20.8 Å². The van der Waals surface area contributed by atoms with Crippen molar-refractivity contribution in [3.63, 3.8) is 0 Å². The monoisotopic (exact) mass is 277 g/mol. The minimum absolute atomic E-state index is 0.0953. The van der Waals surface area contributed by atoms with Crippen molar-refractivity contribution in [2.45, 2.75) is 37.9 Å². The molecule has 1 aromatic carbocycles. The SMILES string of the molecule is COC(CNC(=O)c1ccc(C2CCCC2)cc1)OC. The number of benzene rings is 1. The summed E-state index contributed by atoms with van der Waals surface area (Å²) in [5.41, 5.74) is 2.03. The molecule has 1 fully saturated rings. The number of hydrogen-bond donors (Lipinski definition) is 1. The summed E-state index contributed by atoms with van der Waals surface area (Å²) in [4.78, 5) is 12.0. The average Bonchev–Trinajstić information content (AvgIpc) is 3.02. The predicted molar refractivity (Wildman–Crippen MR) is 77.8 cm³/mol. The molecular formula is C16H23NO3. The van der Waals surface area contributed by atoms with Gasteiger partial charge in [-0.25, -0.2) is 0 Å². The molecule has 0 aromatic heterocycles. The van der Waals surface area contributed by atoms with Crippen molar-refractivity contribution in [1.29, 1.82) is 0 Å². The van der Waals surface area contributed by atoms with Crippen LogP contribution in [0.2, 0.25) is 0 Å². The van der Waals surface area contributed by atoms with Gasteiger partial charge in [-0.1, -0.05) is 25.0 Å². The van der Waals surface area contributed by atoms with Gasteiger partial charge in [-0.15, -0.1) is 0 Å². The molecule has 20 heavy (non-hydrogen) atoms. The lowest BCUT2D eigenvalue weighted by molar-refractivity contribution is -0.0974. The molecule has 2 rings (SSSR count). The molecular weight excluding hydrogens is 254 g/mol. The van der Waals surface area contributed by atoms with Gasteiger partial charge in [0.2, 0.25) is 0 Å². The maximum absolute atomic E-state index is 12.0. The van der Waals surface area contributed by atoms with Gasteiger partial charge in [0.15, 0.2) is 6.29 Å². The summed E-state index contributed by atoms with van der Waals surface area (Å²) in [5, 5.41) is 2.80. The lowest BCUT2D eigenvalue weighted by atomic mass is 9.96. The Labute approximate surface area is 120 Å². The van der Waals surface area contributed by atoms with E-state index in [1.165, 1.54) is 31.2 Å². The van der Waals surface area contributed by atoms with Gasteiger partial charge in [-0.2, -0.15) is 0 Å². The first-order chi connectivity index (χ1) is 9.74. The maximum atomic E-state index is 12.0. The van der Waals surface area contributed by atoms with E-state index in [4.69, 9.17) is 9.47 Å². The van der Waals surface area contributed by atoms with Crippen molar-refractivity contribution in [3.05, 3.63) is 35.4 Å². The first-order valence-electron chi connectivity index (χ1n) is 7.18. The van der Waals surface area contributed by atoms with E-state index in [-0.39, 0.29) is 5.91 Å². The number of ether oxygens (including phenoxy) is 2. The van der Waals surface area contributed by atoms with Crippen LogP contribution in [0, 0.1) is 0 Å². The van der Waals surface area contributed by atoms with Gasteiger partial charge in [0.1, 0.15) is 0 Å². The second-order valence-corrected chi connectivity index (χ2v) is 5.21. The Hall–Kier alpha value is -1.39. The molecule has 1 aromatic rings. The normalized spacial score (nSPS) is 15.8. The molecule has 4 heteroatoms. The summed E-state index contributed by atoms with van der Waals surface area (Å²) < 4.78 is 10.1. The number of carbonyl (C=O) groups is 1. The molecule has 1 amide bonds. The Morgan fingerprint density at radius 3 is 2.35 bits per heavy atom. The maximum Gasteiger partial charge on any atom is 0.251 e. The zero-order chi connectivity index (χ0) is 14.4. The molecule has 4 nitrogen and oxygen atoms in total. The van der Waals surface area contributed by atoms with Crippen LogP contribution in [0.4, 0.5) is 0 Å². The summed E-state index contributed by atoms with van der Waals surface area (Å²) in [6, 6.07) is 7.96. The van der Waals surface area contributed by atoms with Gasteiger partial charge in [0.05, 0.1) is 6.54 Å². The second-order valence-electron chi connectivity index (χ2n) is 5.21. The zero-order valence-corrected chi connectivity index (χ0v) is 12.2. The molecule has 0 unspecified atom stereocenters. The van der Waals surface area contributed by atoms with E-state index in [0.29, 0.717) is 18.0 Å². The average molecular weight is 277 g/mol. The highest BCUT2D eigenvalue weighted by atomic mass is 16.7.